The smallest absolute Gasteiger partial charge is 0.0542 e. The maximum atomic E-state index is 4.15. The van der Waals surface area contributed by atoms with Crippen LogP contribution in [-0.2, 0) is 6.42 Å². The molecule has 0 unspecified atom stereocenters. The van der Waals surface area contributed by atoms with Gasteiger partial charge in [-0.2, -0.15) is 0 Å². The van der Waals surface area contributed by atoms with Crippen molar-refractivity contribution >= 4 is 15.9 Å². The molecular formula is C7H8BrN. The molecule has 0 saturated heterocycles. The van der Waals surface area contributed by atoms with Crippen LogP contribution >= 0.6 is 15.9 Å². The van der Waals surface area contributed by atoms with E-state index in [2.05, 4.69) is 27.8 Å². The molecule has 0 N–H and O–H groups in total. The lowest BCUT2D eigenvalue weighted by Crippen LogP contribution is -1.85. The highest BCUT2D eigenvalue weighted by Crippen LogP contribution is 2.12. The van der Waals surface area contributed by atoms with Gasteiger partial charge in [0.15, 0.2) is 0 Å². The normalized spacial score (nSPS) is 9.56. The molecule has 0 aliphatic heterocycles. The summed E-state index contributed by atoms with van der Waals surface area (Å²) < 4.78 is 1.10. The standard InChI is InChI=1S/C7H8BrN/c1-2-7-6(8)4-3-5-9-7/h3-5H,2H2,1H3. The Hall–Kier alpha value is -0.370. The lowest BCUT2D eigenvalue weighted by atomic mass is 10.3. The number of rotatable bonds is 1. The van der Waals surface area contributed by atoms with Crippen LogP contribution in [0.25, 0.3) is 0 Å². The molecule has 1 heterocycles. The summed E-state index contributed by atoms with van der Waals surface area (Å²) >= 11 is 3.39. The summed E-state index contributed by atoms with van der Waals surface area (Å²) in [4.78, 5) is 4.15. The third kappa shape index (κ3) is 1.52. The molecule has 1 rings (SSSR count). The number of halogens is 1. The molecule has 0 aliphatic carbocycles. The van der Waals surface area contributed by atoms with Crippen LogP contribution in [0.5, 0.6) is 0 Å². The Balaban J connectivity index is 3.01. The van der Waals surface area contributed by atoms with Crippen molar-refractivity contribution in [2.75, 3.05) is 0 Å². The third-order valence-corrected chi connectivity index (χ3v) is 1.89. The van der Waals surface area contributed by atoms with Gasteiger partial charge < -0.3 is 0 Å². The quantitative estimate of drug-likeness (QED) is 0.656. The molecule has 0 saturated carbocycles. The van der Waals surface area contributed by atoms with Gasteiger partial charge in [-0.25, -0.2) is 0 Å². The molecule has 1 aromatic rings. The third-order valence-electron chi connectivity index (χ3n) is 1.17. The molecule has 0 aliphatic rings. The van der Waals surface area contributed by atoms with Gasteiger partial charge in [-0.1, -0.05) is 6.92 Å². The minimum Gasteiger partial charge on any atom is -0.260 e. The van der Waals surface area contributed by atoms with Gasteiger partial charge in [-0.05, 0) is 34.5 Å². The van der Waals surface area contributed by atoms with E-state index in [-0.39, 0.29) is 0 Å². The Labute approximate surface area is 63.2 Å². The minimum absolute atomic E-state index is 0.988. The van der Waals surface area contributed by atoms with Crippen LogP contribution in [-0.4, -0.2) is 4.98 Å². The van der Waals surface area contributed by atoms with E-state index in [1.165, 1.54) is 0 Å². The van der Waals surface area contributed by atoms with Crippen molar-refractivity contribution in [1.82, 2.24) is 4.98 Å². The van der Waals surface area contributed by atoms with E-state index in [4.69, 9.17) is 0 Å². The topological polar surface area (TPSA) is 12.9 Å². The Morgan fingerprint density at radius 1 is 1.67 bits per heavy atom. The maximum Gasteiger partial charge on any atom is 0.0542 e. The SMILES string of the molecule is CCc1ncccc1Br. The second kappa shape index (κ2) is 2.97. The molecule has 9 heavy (non-hydrogen) atoms. The number of hydrogen-bond donors (Lipinski definition) is 0. The maximum absolute atomic E-state index is 4.15. The molecule has 1 nitrogen and oxygen atoms in total. The summed E-state index contributed by atoms with van der Waals surface area (Å²) in [6.45, 7) is 2.09. The van der Waals surface area contributed by atoms with Crippen LogP contribution < -0.4 is 0 Å². The highest BCUT2D eigenvalue weighted by Gasteiger charge is 1.93. The summed E-state index contributed by atoms with van der Waals surface area (Å²) in [5.74, 6) is 0. The van der Waals surface area contributed by atoms with E-state index in [1.54, 1.807) is 0 Å². The Kier molecular flexibility index (Phi) is 2.22. The number of aryl methyl sites for hydroxylation is 1. The van der Waals surface area contributed by atoms with Crippen LogP contribution in [0.3, 0.4) is 0 Å². The van der Waals surface area contributed by atoms with E-state index < -0.39 is 0 Å². The number of aromatic nitrogens is 1. The molecule has 0 aromatic carbocycles. The molecule has 0 bridgehead atoms. The molecular weight excluding hydrogens is 178 g/mol. The predicted molar refractivity (Wildman–Crippen MR) is 41.3 cm³/mol. The van der Waals surface area contributed by atoms with Gasteiger partial charge in [0.25, 0.3) is 0 Å². The molecule has 48 valence electrons. The first kappa shape index (κ1) is 6.75. The molecule has 0 radical (unpaired) electrons. The first-order valence-electron chi connectivity index (χ1n) is 2.94. The summed E-state index contributed by atoms with van der Waals surface area (Å²) in [5, 5.41) is 0. The molecule has 1 aromatic heterocycles. The Morgan fingerprint density at radius 2 is 2.44 bits per heavy atom. The van der Waals surface area contributed by atoms with E-state index >= 15 is 0 Å². The zero-order valence-electron chi connectivity index (χ0n) is 5.26. The fraction of sp³-hybridized carbons (Fsp3) is 0.286. The van der Waals surface area contributed by atoms with Crippen LogP contribution in [0.4, 0.5) is 0 Å². The monoisotopic (exact) mass is 185 g/mol. The van der Waals surface area contributed by atoms with Gasteiger partial charge in [-0.15, -0.1) is 0 Å². The van der Waals surface area contributed by atoms with Gasteiger partial charge in [0.1, 0.15) is 0 Å². The van der Waals surface area contributed by atoms with Crippen LogP contribution in [0, 0.1) is 0 Å². The first-order valence-corrected chi connectivity index (χ1v) is 3.73. The van der Waals surface area contributed by atoms with Crippen LogP contribution in [0.1, 0.15) is 12.6 Å². The average Bonchev–Trinajstić information content (AvgIpc) is 1.89. The number of pyridine rings is 1. The van der Waals surface area contributed by atoms with Crippen molar-refractivity contribution in [2.24, 2.45) is 0 Å². The Morgan fingerprint density at radius 3 is 2.89 bits per heavy atom. The van der Waals surface area contributed by atoms with E-state index in [0.29, 0.717) is 0 Å². The van der Waals surface area contributed by atoms with Crippen molar-refractivity contribution < 1.29 is 0 Å². The molecule has 0 amide bonds. The molecule has 2 heteroatoms. The fourth-order valence-corrected chi connectivity index (χ4v) is 1.21. The van der Waals surface area contributed by atoms with Gasteiger partial charge in [0.05, 0.1) is 5.69 Å². The van der Waals surface area contributed by atoms with Gasteiger partial charge >= 0.3 is 0 Å². The average molecular weight is 186 g/mol. The zero-order valence-corrected chi connectivity index (χ0v) is 6.85. The molecule has 0 fully saturated rings. The highest BCUT2D eigenvalue weighted by molar-refractivity contribution is 9.10. The molecule has 0 atom stereocenters. The second-order valence-electron chi connectivity index (χ2n) is 1.79. The van der Waals surface area contributed by atoms with Crippen molar-refractivity contribution in [2.45, 2.75) is 13.3 Å². The summed E-state index contributed by atoms with van der Waals surface area (Å²) in [6, 6.07) is 3.93. The van der Waals surface area contributed by atoms with Crippen LogP contribution in [0.15, 0.2) is 22.8 Å². The van der Waals surface area contributed by atoms with E-state index in [1.807, 2.05) is 18.3 Å². The molecule has 0 spiro atoms. The second-order valence-corrected chi connectivity index (χ2v) is 2.64. The van der Waals surface area contributed by atoms with E-state index in [0.717, 1.165) is 16.6 Å². The number of nitrogens with zero attached hydrogens (tertiary/aromatic N) is 1. The fourth-order valence-electron chi connectivity index (χ4n) is 0.679. The minimum atomic E-state index is 0.988. The highest BCUT2D eigenvalue weighted by atomic mass is 79.9. The van der Waals surface area contributed by atoms with Gasteiger partial charge in [-0.3, -0.25) is 4.98 Å². The lowest BCUT2D eigenvalue weighted by molar-refractivity contribution is 1.02. The van der Waals surface area contributed by atoms with E-state index in [9.17, 15) is 0 Å². The predicted octanol–water partition coefficient (Wildman–Crippen LogP) is 2.41. The van der Waals surface area contributed by atoms with Gasteiger partial charge in [0.2, 0.25) is 0 Å². The van der Waals surface area contributed by atoms with Crippen molar-refractivity contribution in [3.05, 3.63) is 28.5 Å². The van der Waals surface area contributed by atoms with Gasteiger partial charge in [0, 0.05) is 10.7 Å². The summed E-state index contributed by atoms with van der Waals surface area (Å²) in [5.41, 5.74) is 1.12. The zero-order chi connectivity index (χ0) is 6.69. The summed E-state index contributed by atoms with van der Waals surface area (Å²) in [7, 11) is 0. The van der Waals surface area contributed by atoms with Crippen LogP contribution in [0.2, 0.25) is 0 Å². The number of hydrogen-bond acceptors (Lipinski definition) is 1. The van der Waals surface area contributed by atoms with Crippen molar-refractivity contribution in [3.8, 4) is 0 Å². The summed E-state index contributed by atoms with van der Waals surface area (Å²) in [6.07, 6.45) is 2.80. The first-order chi connectivity index (χ1) is 4.34. The van der Waals surface area contributed by atoms with Crippen molar-refractivity contribution in [3.63, 3.8) is 0 Å². The Bertz CT molecular complexity index is 198. The largest absolute Gasteiger partial charge is 0.260 e. The van der Waals surface area contributed by atoms with Crippen molar-refractivity contribution in [1.29, 1.82) is 0 Å². The lowest BCUT2D eigenvalue weighted by Gasteiger charge is -1.95.